The number of hydrogen-bond donors (Lipinski definition) is 0. The molecule has 72 valence electrons. The Balaban J connectivity index is 2.28. The largest absolute Gasteiger partial charge is 0.465 e. The Bertz CT molecular complexity index is 210. The van der Waals surface area contributed by atoms with Crippen LogP contribution in [0, 0.1) is 11.8 Å². The molecule has 1 aliphatic heterocycles. The molecule has 0 saturated carbocycles. The van der Waals surface area contributed by atoms with Crippen LogP contribution in [0.1, 0.15) is 44.9 Å². The number of carbonyl (C=O) groups is 1. The van der Waals surface area contributed by atoms with Crippen molar-refractivity contribution in [1.29, 1.82) is 0 Å². The normalized spacial score (nSPS) is 20.2. The number of cyclic esters (lactones) is 1. The van der Waals surface area contributed by atoms with Crippen molar-refractivity contribution in [2.75, 3.05) is 6.61 Å². The molecule has 0 bridgehead atoms. The summed E-state index contributed by atoms with van der Waals surface area (Å²) in [7, 11) is 0. The van der Waals surface area contributed by atoms with E-state index in [0.29, 0.717) is 19.4 Å². The minimum Gasteiger partial charge on any atom is -0.465 e. The zero-order valence-corrected chi connectivity index (χ0v) is 7.97. The van der Waals surface area contributed by atoms with Gasteiger partial charge >= 0.3 is 5.97 Å². The van der Waals surface area contributed by atoms with Crippen molar-refractivity contribution in [2.45, 2.75) is 44.9 Å². The van der Waals surface area contributed by atoms with E-state index in [9.17, 15) is 4.79 Å². The second-order valence-corrected chi connectivity index (χ2v) is 3.24. The number of rotatable bonds is 0. The summed E-state index contributed by atoms with van der Waals surface area (Å²) in [6.45, 7) is 0.464. The molecule has 0 aliphatic carbocycles. The minimum absolute atomic E-state index is 0.0672. The first kappa shape index (κ1) is 10.1. The minimum atomic E-state index is -0.0672. The predicted octanol–water partition coefficient (Wildman–Crippen LogP) is 2.28. The maximum absolute atomic E-state index is 11.0. The van der Waals surface area contributed by atoms with Gasteiger partial charge in [0.2, 0.25) is 0 Å². The van der Waals surface area contributed by atoms with Gasteiger partial charge in [0.25, 0.3) is 0 Å². The fourth-order valence-electron chi connectivity index (χ4n) is 1.30. The van der Waals surface area contributed by atoms with Gasteiger partial charge in [-0.2, -0.15) is 0 Å². The van der Waals surface area contributed by atoms with Crippen molar-refractivity contribution in [2.24, 2.45) is 0 Å². The van der Waals surface area contributed by atoms with Crippen LogP contribution in [-0.2, 0) is 9.53 Å². The molecule has 0 aromatic carbocycles. The van der Waals surface area contributed by atoms with Crippen molar-refractivity contribution < 1.29 is 9.53 Å². The van der Waals surface area contributed by atoms with Gasteiger partial charge in [-0.05, 0) is 12.8 Å². The van der Waals surface area contributed by atoms with Crippen LogP contribution in [0.15, 0.2) is 0 Å². The van der Waals surface area contributed by atoms with Crippen molar-refractivity contribution in [3.63, 3.8) is 0 Å². The van der Waals surface area contributed by atoms with E-state index in [1.54, 1.807) is 0 Å². The topological polar surface area (TPSA) is 26.3 Å². The molecule has 0 aromatic rings. The summed E-state index contributed by atoms with van der Waals surface area (Å²) in [6.07, 6.45) is 6.69. The van der Waals surface area contributed by atoms with Crippen molar-refractivity contribution in [3.8, 4) is 11.8 Å². The van der Waals surface area contributed by atoms with E-state index in [1.807, 2.05) is 0 Å². The Kier molecular flexibility index (Phi) is 5.08. The van der Waals surface area contributed by atoms with Gasteiger partial charge in [-0.3, -0.25) is 4.79 Å². The number of carbonyl (C=O) groups excluding carboxylic acids is 1. The van der Waals surface area contributed by atoms with Crippen LogP contribution in [0.2, 0.25) is 0 Å². The average Bonchev–Trinajstić information content (AvgIpc) is 2.11. The Morgan fingerprint density at radius 1 is 1.00 bits per heavy atom. The van der Waals surface area contributed by atoms with E-state index in [-0.39, 0.29) is 5.97 Å². The Morgan fingerprint density at radius 2 is 1.77 bits per heavy atom. The maximum atomic E-state index is 11.0. The van der Waals surface area contributed by atoms with Crippen LogP contribution < -0.4 is 0 Å². The molecule has 1 heterocycles. The lowest BCUT2D eigenvalue weighted by molar-refractivity contribution is -0.143. The molecule has 1 aliphatic rings. The zero-order valence-electron chi connectivity index (χ0n) is 7.97. The Labute approximate surface area is 79.7 Å². The van der Waals surface area contributed by atoms with E-state index in [2.05, 4.69) is 11.8 Å². The summed E-state index contributed by atoms with van der Waals surface area (Å²) in [5.74, 6) is 6.01. The summed E-state index contributed by atoms with van der Waals surface area (Å²) in [5.41, 5.74) is 0. The fraction of sp³-hybridized carbons (Fsp3) is 0.727. The lowest BCUT2D eigenvalue weighted by Gasteiger charge is -2.03. The second-order valence-electron chi connectivity index (χ2n) is 3.24. The highest BCUT2D eigenvalue weighted by molar-refractivity contribution is 5.69. The van der Waals surface area contributed by atoms with E-state index in [1.165, 1.54) is 12.8 Å². The standard InChI is InChI=1S/C11H16O2/c12-11-9-7-5-3-1-2-4-6-8-10-13-11/h1-3,5,7-10H2. The predicted molar refractivity (Wildman–Crippen MR) is 51.1 cm³/mol. The molecule has 2 heteroatoms. The SMILES string of the molecule is O=C1CCCCCCC#CCCO1. The van der Waals surface area contributed by atoms with Gasteiger partial charge in [-0.1, -0.05) is 18.8 Å². The van der Waals surface area contributed by atoms with E-state index in [4.69, 9.17) is 4.74 Å². The van der Waals surface area contributed by atoms with Gasteiger partial charge < -0.3 is 4.74 Å². The van der Waals surface area contributed by atoms with Crippen molar-refractivity contribution in [1.82, 2.24) is 0 Å². The third-order valence-electron chi connectivity index (χ3n) is 2.05. The molecule has 0 N–H and O–H groups in total. The van der Waals surface area contributed by atoms with Gasteiger partial charge in [0.1, 0.15) is 6.61 Å². The van der Waals surface area contributed by atoms with Crippen LogP contribution in [0.3, 0.4) is 0 Å². The van der Waals surface area contributed by atoms with Crippen LogP contribution in [0.4, 0.5) is 0 Å². The molecule has 0 spiro atoms. The number of ether oxygens (including phenoxy) is 1. The van der Waals surface area contributed by atoms with Crippen LogP contribution in [0.25, 0.3) is 0 Å². The molecular weight excluding hydrogens is 164 g/mol. The first-order chi connectivity index (χ1) is 6.39. The van der Waals surface area contributed by atoms with E-state index in [0.717, 1.165) is 19.3 Å². The van der Waals surface area contributed by atoms with Gasteiger partial charge in [-0.25, -0.2) is 0 Å². The smallest absolute Gasteiger partial charge is 0.305 e. The summed E-state index contributed by atoms with van der Waals surface area (Å²) in [4.78, 5) is 11.0. The molecule has 0 atom stereocenters. The zero-order chi connectivity index (χ0) is 9.36. The van der Waals surface area contributed by atoms with Crippen LogP contribution >= 0.6 is 0 Å². The molecule has 0 fully saturated rings. The molecule has 0 radical (unpaired) electrons. The fourth-order valence-corrected chi connectivity index (χ4v) is 1.30. The Hall–Kier alpha value is -0.970. The van der Waals surface area contributed by atoms with Crippen LogP contribution in [-0.4, -0.2) is 12.6 Å². The number of hydrogen-bond acceptors (Lipinski definition) is 2. The highest BCUT2D eigenvalue weighted by Gasteiger charge is 2.01. The van der Waals surface area contributed by atoms with Crippen molar-refractivity contribution >= 4 is 5.97 Å². The molecule has 0 saturated heterocycles. The molecule has 0 amide bonds. The quantitative estimate of drug-likeness (QED) is 0.422. The highest BCUT2D eigenvalue weighted by atomic mass is 16.5. The molecule has 0 unspecified atom stereocenters. The summed E-state index contributed by atoms with van der Waals surface area (Å²) in [5, 5.41) is 0. The first-order valence-corrected chi connectivity index (χ1v) is 5.01. The van der Waals surface area contributed by atoms with Crippen molar-refractivity contribution in [3.05, 3.63) is 0 Å². The third kappa shape index (κ3) is 5.30. The van der Waals surface area contributed by atoms with E-state index >= 15 is 0 Å². The highest BCUT2D eigenvalue weighted by Crippen LogP contribution is 2.06. The van der Waals surface area contributed by atoms with Gasteiger partial charge in [0, 0.05) is 19.3 Å². The third-order valence-corrected chi connectivity index (χ3v) is 2.05. The summed E-state index contributed by atoms with van der Waals surface area (Å²) < 4.78 is 4.97. The second kappa shape index (κ2) is 6.54. The summed E-state index contributed by atoms with van der Waals surface area (Å²) in [6, 6.07) is 0. The van der Waals surface area contributed by atoms with Gasteiger partial charge in [0.15, 0.2) is 0 Å². The van der Waals surface area contributed by atoms with Gasteiger partial charge in [0.05, 0.1) is 0 Å². The monoisotopic (exact) mass is 180 g/mol. The lowest BCUT2D eigenvalue weighted by Crippen LogP contribution is -2.05. The van der Waals surface area contributed by atoms with E-state index < -0.39 is 0 Å². The van der Waals surface area contributed by atoms with Gasteiger partial charge in [-0.15, -0.1) is 5.92 Å². The molecule has 1 rings (SSSR count). The Morgan fingerprint density at radius 3 is 2.69 bits per heavy atom. The number of esters is 1. The summed E-state index contributed by atoms with van der Waals surface area (Å²) >= 11 is 0. The molecular formula is C11H16O2. The maximum Gasteiger partial charge on any atom is 0.305 e. The average molecular weight is 180 g/mol. The lowest BCUT2D eigenvalue weighted by atomic mass is 10.1. The molecule has 13 heavy (non-hydrogen) atoms. The first-order valence-electron chi connectivity index (χ1n) is 5.01. The van der Waals surface area contributed by atoms with Crippen LogP contribution in [0.5, 0.6) is 0 Å². The molecule has 0 aromatic heterocycles. The molecule has 2 nitrogen and oxygen atoms in total.